The van der Waals surface area contributed by atoms with E-state index in [0.717, 1.165) is 0 Å². The zero-order valence-electron chi connectivity index (χ0n) is 3.62. The average Bonchev–Trinajstić information content (AvgIpc) is 1.37. The van der Waals surface area contributed by atoms with Gasteiger partial charge < -0.3 is 9.81 Å². The molecule has 1 nitrogen and oxygen atoms in total. The van der Waals surface area contributed by atoms with Crippen molar-refractivity contribution in [3.8, 4) is 0 Å². The van der Waals surface area contributed by atoms with E-state index < -0.39 is 0 Å². The van der Waals surface area contributed by atoms with Crippen molar-refractivity contribution in [2.24, 2.45) is 0 Å². The van der Waals surface area contributed by atoms with Crippen LogP contribution in [0.3, 0.4) is 0 Å². The minimum atomic E-state index is 0. The van der Waals surface area contributed by atoms with Crippen LogP contribution in [0.25, 0.3) is 0 Å². The van der Waals surface area contributed by atoms with Crippen LogP contribution < -0.4 is 56.1 Å². The van der Waals surface area contributed by atoms with Crippen LogP contribution in [0.15, 0.2) is 0 Å². The Morgan fingerprint density at radius 1 is 1.50 bits per heavy atom. The first kappa shape index (κ1) is 15.7. The average molecular weight is 139 g/mol. The van der Waals surface area contributed by atoms with E-state index in [1.54, 1.807) is 0 Å². The van der Waals surface area contributed by atoms with Crippen molar-refractivity contribution < 1.29 is 61.2 Å². The van der Waals surface area contributed by atoms with E-state index in [4.69, 9.17) is 16.7 Å². The summed E-state index contributed by atoms with van der Waals surface area (Å²) in [5.41, 5.74) is 0. The molecule has 0 spiro atoms. The Hall–Kier alpha value is 1.82. The molecule has 0 aliphatic carbocycles. The maximum absolute atomic E-state index is 7.74. The smallest absolute Gasteiger partial charge is 1.00 e. The number of hydrogen-bond acceptors (Lipinski definition) is 1. The Morgan fingerprint density at radius 2 is 1.67 bits per heavy atom. The van der Waals surface area contributed by atoms with Crippen molar-refractivity contribution in [2.45, 2.75) is 0 Å². The van der Waals surface area contributed by atoms with Gasteiger partial charge in [-0.25, -0.2) is 0 Å². The molecule has 0 aromatic heterocycles. The summed E-state index contributed by atoms with van der Waals surface area (Å²) in [6.45, 7) is 0.0849. The summed E-state index contributed by atoms with van der Waals surface area (Å²) in [7, 11) is 0. The molecule has 0 fully saturated rings. The van der Waals surface area contributed by atoms with Gasteiger partial charge in [-0.05, 0) is 0 Å². The molecule has 4 heteroatoms. The molecule has 0 aliphatic heterocycles. The second-order valence-electron chi connectivity index (χ2n) is 0.413. The number of hydrogen-bond donors (Lipinski definition) is 1. The Morgan fingerprint density at radius 3 is 1.67 bits per heavy atom. The van der Waals surface area contributed by atoms with Crippen LogP contribution in [0.5, 0.6) is 0 Å². The third-order valence-electron chi connectivity index (χ3n) is 0.0845. The number of aliphatic hydroxyl groups is 1. The molecule has 0 aliphatic rings. The summed E-state index contributed by atoms with van der Waals surface area (Å²) in [6, 6.07) is 0. The predicted octanol–water partition coefficient (Wildman–Crippen LogP) is -5.77. The minimum absolute atomic E-state index is 0. The largest absolute Gasteiger partial charge is 1.00 e. The molecule has 0 rings (SSSR count). The van der Waals surface area contributed by atoms with E-state index in [0.29, 0.717) is 5.88 Å². The van der Waals surface area contributed by atoms with Gasteiger partial charge in [0.1, 0.15) is 0 Å². The van der Waals surface area contributed by atoms with Crippen LogP contribution in [0, 0.1) is 0 Å². The molecule has 0 radical (unpaired) electrons. The van der Waals surface area contributed by atoms with Gasteiger partial charge in [0, 0.05) is 5.88 Å². The molecule has 0 aromatic rings. The third kappa shape index (κ3) is 17.0. The van der Waals surface area contributed by atoms with Gasteiger partial charge in [-0.1, -0.05) is 0 Å². The number of alkyl halides is 1. The first-order valence-electron chi connectivity index (χ1n) is 1.08. The predicted molar refractivity (Wildman–Crippen MR) is 17.8 cm³/mol. The maximum atomic E-state index is 7.74. The quantitative estimate of drug-likeness (QED) is 0.283. The fourth-order valence-corrected chi connectivity index (χ4v) is 0. The van der Waals surface area contributed by atoms with Gasteiger partial charge in [0.05, 0.1) is 6.61 Å². The van der Waals surface area contributed by atoms with Gasteiger partial charge in [-0.15, -0.1) is 11.6 Å². The molecule has 0 saturated heterocycles. The second-order valence-corrected chi connectivity index (χ2v) is 0.791. The van der Waals surface area contributed by atoms with Crippen molar-refractivity contribution in [3.05, 3.63) is 0 Å². The van der Waals surface area contributed by atoms with E-state index in [1.165, 1.54) is 0 Å². The van der Waals surface area contributed by atoms with Gasteiger partial charge >= 0.3 is 51.4 Å². The standard InChI is InChI=1S/C2H5ClO.FH.K/c3-1-2-4;;/h4H,1-2H2;1H;/q;;+1/p-1. The molecule has 1 N–H and O–H groups in total. The van der Waals surface area contributed by atoms with Gasteiger partial charge in [-0.2, -0.15) is 0 Å². The van der Waals surface area contributed by atoms with E-state index in [9.17, 15) is 0 Å². The normalized spacial score (nSPS) is 5.00. The van der Waals surface area contributed by atoms with Crippen LogP contribution in [0.1, 0.15) is 0 Å². The van der Waals surface area contributed by atoms with E-state index in [1.807, 2.05) is 0 Å². The molecule has 0 heterocycles. The number of halogens is 2. The Kier molecular flexibility index (Phi) is 41.3. The number of rotatable bonds is 1. The van der Waals surface area contributed by atoms with Gasteiger partial charge in [0.2, 0.25) is 0 Å². The van der Waals surface area contributed by atoms with Crippen molar-refractivity contribution in [3.63, 3.8) is 0 Å². The molecule has 0 aromatic carbocycles. The molecule has 0 amide bonds. The first-order valence-corrected chi connectivity index (χ1v) is 1.62. The fourth-order valence-electron chi connectivity index (χ4n) is 0. The van der Waals surface area contributed by atoms with Crippen LogP contribution >= 0.6 is 11.6 Å². The molecule has 0 bridgehead atoms. The van der Waals surface area contributed by atoms with Gasteiger partial charge in [0.15, 0.2) is 0 Å². The summed E-state index contributed by atoms with van der Waals surface area (Å²) in [5.74, 6) is 0.347. The van der Waals surface area contributed by atoms with Crippen molar-refractivity contribution in [2.75, 3.05) is 12.5 Å². The molecule has 34 valence electrons. The van der Waals surface area contributed by atoms with Crippen LogP contribution in [0.4, 0.5) is 0 Å². The Balaban J connectivity index is -0.0000000450. The maximum Gasteiger partial charge on any atom is 1.00 e. The summed E-state index contributed by atoms with van der Waals surface area (Å²) in [5, 5.41) is 7.74. The van der Waals surface area contributed by atoms with Crippen molar-refractivity contribution >= 4 is 11.6 Å². The molecule has 0 atom stereocenters. The number of aliphatic hydroxyl groups excluding tert-OH is 1. The van der Waals surface area contributed by atoms with E-state index in [-0.39, 0.29) is 62.7 Å². The second kappa shape index (κ2) is 15.8. The molecule has 6 heavy (non-hydrogen) atoms. The summed E-state index contributed by atoms with van der Waals surface area (Å²) < 4.78 is 0. The van der Waals surface area contributed by atoms with Crippen LogP contribution in [-0.2, 0) is 0 Å². The SMILES string of the molecule is OCCCl.[F-].[K+]. The summed E-state index contributed by atoms with van der Waals surface area (Å²) >= 11 is 4.94. The van der Waals surface area contributed by atoms with Crippen LogP contribution in [0.2, 0.25) is 0 Å². The zero-order chi connectivity index (χ0) is 3.41. The van der Waals surface area contributed by atoms with Crippen molar-refractivity contribution in [1.29, 1.82) is 0 Å². The Bertz CT molecular complexity index is 15.5. The van der Waals surface area contributed by atoms with Gasteiger partial charge in [-0.3, -0.25) is 0 Å². The van der Waals surface area contributed by atoms with E-state index >= 15 is 0 Å². The Labute approximate surface area is 83.9 Å². The monoisotopic (exact) mass is 138 g/mol. The summed E-state index contributed by atoms with van der Waals surface area (Å²) in [6.07, 6.45) is 0. The topological polar surface area (TPSA) is 20.2 Å². The van der Waals surface area contributed by atoms with E-state index in [2.05, 4.69) is 0 Å². The molecular weight excluding hydrogens is 134 g/mol. The van der Waals surface area contributed by atoms with Crippen molar-refractivity contribution in [1.82, 2.24) is 0 Å². The fraction of sp³-hybridized carbons (Fsp3) is 1.00. The van der Waals surface area contributed by atoms with Crippen LogP contribution in [-0.4, -0.2) is 17.6 Å². The summed E-state index contributed by atoms with van der Waals surface area (Å²) in [4.78, 5) is 0. The zero-order valence-corrected chi connectivity index (χ0v) is 7.50. The van der Waals surface area contributed by atoms with Gasteiger partial charge in [0.25, 0.3) is 0 Å². The third-order valence-corrected chi connectivity index (χ3v) is 0.254. The first-order chi connectivity index (χ1) is 1.91. The molecular formula is C2H5ClFKO. The molecule has 0 unspecified atom stereocenters. The minimum Gasteiger partial charge on any atom is -1.00 e. The molecule has 0 saturated carbocycles.